The van der Waals surface area contributed by atoms with Crippen LogP contribution in [0.2, 0.25) is 25.7 Å². The maximum atomic E-state index is 13.4. The molecule has 2 aliphatic carbocycles. The van der Waals surface area contributed by atoms with Crippen molar-refractivity contribution in [3.05, 3.63) is 35.7 Å². The first-order chi connectivity index (χ1) is 17.6. The zero-order valence-corrected chi connectivity index (χ0v) is 24.3. The minimum atomic E-state index is -1.12. The Morgan fingerprint density at radius 1 is 1.08 bits per heavy atom. The van der Waals surface area contributed by atoms with Crippen molar-refractivity contribution in [2.75, 3.05) is 18.5 Å². The van der Waals surface area contributed by atoms with Crippen LogP contribution in [0.1, 0.15) is 44.0 Å². The first kappa shape index (κ1) is 27.6. The summed E-state index contributed by atoms with van der Waals surface area (Å²) in [4.78, 5) is 26.2. The molecule has 7 nitrogen and oxygen atoms in total. The van der Waals surface area contributed by atoms with E-state index in [2.05, 4.69) is 31.9 Å². The highest BCUT2D eigenvalue weighted by Gasteiger charge is 2.51. The molecule has 1 aromatic carbocycles. The summed E-state index contributed by atoms with van der Waals surface area (Å²) in [7, 11) is -1.12. The highest BCUT2D eigenvalue weighted by Crippen LogP contribution is 2.53. The van der Waals surface area contributed by atoms with Crippen LogP contribution in [0.5, 0.6) is 0 Å². The predicted molar refractivity (Wildman–Crippen MR) is 149 cm³/mol. The Balaban J connectivity index is 1.43. The highest BCUT2D eigenvalue weighted by atomic mass is 28.3. The van der Waals surface area contributed by atoms with Crippen LogP contribution in [0, 0.1) is 37.5 Å². The van der Waals surface area contributed by atoms with E-state index in [1.807, 2.05) is 35.9 Å². The van der Waals surface area contributed by atoms with Gasteiger partial charge < -0.3 is 14.8 Å². The number of carbonyl (C=O) groups excluding carboxylic acids is 2. The van der Waals surface area contributed by atoms with E-state index in [0.29, 0.717) is 24.3 Å². The number of anilines is 1. The lowest BCUT2D eigenvalue weighted by atomic mass is 9.83. The Morgan fingerprint density at radius 2 is 1.70 bits per heavy atom. The van der Waals surface area contributed by atoms with Gasteiger partial charge in [0.25, 0.3) is 0 Å². The Morgan fingerprint density at radius 3 is 2.24 bits per heavy atom. The van der Waals surface area contributed by atoms with E-state index in [4.69, 9.17) is 14.6 Å². The van der Waals surface area contributed by atoms with E-state index in [1.165, 1.54) is 0 Å². The quantitative estimate of drug-likeness (QED) is 0.149. The largest absolute Gasteiger partial charge is 0.465 e. The summed E-state index contributed by atoms with van der Waals surface area (Å²) in [6.07, 6.45) is 4.42. The number of ether oxygens (including phenoxy) is 2. The Hall–Kier alpha value is -2.45. The van der Waals surface area contributed by atoms with Gasteiger partial charge in [0.15, 0.2) is 0 Å². The van der Waals surface area contributed by atoms with E-state index in [-0.39, 0.29) is 24.4 Å². The molecule has 0 radical (unpaired) electrons. The molecular weight excluding hydrogens is 482 g/mol. The standard InChI is InChI=1S/C29H43N3O4Si/c1-7-36-29(34)27(26(22-8-9-22)23-10-11-23)28(33)30-24-14-12-21(13-15-24)25-19(2)31-32(20(25)3)18-35-16-17-37(4,5)6/h12-15,22-23,26-27H,7-11,16-18H2,1-6H3,(H,30,33). The number of aromatic nitrogens is 2. The monoisotopic (exact) mass is 525 g/mol. The van der Waals surface area contributed by atoms with Crippen molar-refractivity contribution in [2.45, 2.75) is 78.9 Å². The molecule has 0 bridgehead atoms. The van der Waals surface area contributed by atoms with Crippen molar-refractivity contribution >= 4 is 25.6 Å². The highest BCUT2D eigenvalue weighted by molar-refractivity contribution is 6.76. The molecule has 0 aliphatic heterocycles. The normalized spacial score (nSPS) is 16.6. The first-order valence-corrected chi connectivity index (χ1v) is 17.5. The minimum Gasteiger partial charge on any atom is -0.465 e. The molecule has 1 aromatic heterocycles. The van der Waals surface area contributed by atoms with Gasteiger partial charge in [0.1, 0.15) is 12.6 Å². The molecule has 0 saturated heterocycles. The van der Waals surface area contributed by atoms with Gasteiger partial charge in [-0.25, -0.2) is 4.68 Å². The topological polar surface area (TPSA) is 82.5 Å². The summed E-state index contributed by atoms with van der Waals surface area (Å²) in [5, 5.41) is 7.71. The van der Waals surface area contributed by atoms with Gasteiger partial charge in [0, 0.05) is 31.6 Å². The van der Waals surface area contributed by atoms with Crippen molar-refractivity contribution in [3.8, 4) is 11.1 Å². The number of benzene rings is 1. The van der Waals surface area contributed by atoms with Crippen LogP contribution >= 0.6 is 0 Å². The predicted octanol–water partition coefficient (Wildman–Crippen LogP) is 6.03. The van der Waals surface area contributed by atoms with Gasteiger partial charge in [-0.1, -0.05) is 31.8 Å². The minimum absolute atomic E-state index is 0.0995. The van der Waals surface area contributed by atoms with Gasteiger partial charge in [-0.05, 0) is 87.9 Å². The number of hydrogen-bond acceptors (Lipinski definition) is 5. The summed E-state index contributed by atoms with van der Waals surface area (Å²) < 4.78 is 13.2. The van der Waals surface area contributed by atoms with Gasteiger partial charge >= 0.3 is 5.97 Å². The number of hydrogen-bond donors (Lipinski definition) is 1. The zero-order chi connectivity index (χ0) is 26.7. The van der Waals surface area contributed by atoms with E-state index >= 15 is 0 Å². The van der Waals surface area contributed by atoms with Crippen LogP contribution in [-0.2, 0) is 25.8 Å². The van der Waals surface area contributed by atoms with Gasteiger partial charge in [0.2, 0.25) is 5.91 Å². The number of amides is 1. The van der Waals surface area contributed by atoms with Crippen LogP contribution in [0.4, 0.5) is 5.69 Å². The lowest BCUT2D eigenvalue weighted by molar-refractivity contribution is -0.154. The smallest absolute Gasteiger partial charge is 0.318 e. The summed E-state index contributed by atoms with van der Waals surface area (Å²) in [6.45, 7) is 14.4. The lowest BCUT2D eigenvalue weighted by Crippen LogP contribution is -2.38. The van der Waals surface area contributed by atoms with Gasteiger partial charge in [-0.15, -0.1) is 0 Å². The maximum absolute atomic E-state index is 13.4. The molecule has 1 amide bonds. The molecule has 2 aliphatic rings. The Bertz CT molecular complexity index is 1090. The number of rotatable bonds is 13. The van der Waals surface area contributed by atoms with Crippen molar-refractivity contribution in [3.63, 3.8) is 0 Å². The third-order valence-electron chi connectivity index (χ3n) is 7.57. The first-order valence-electron chi connectivity index (χ1n) is 13.8. The zero-order valence-electron chi connectivity index (χ0n) is 23.3. The maximum Gasteiger partial charge on any atom is 0.318 e. The molecule has 1 heterocycles. The molecule has 1 unspecified atom stereocenters. The number of carbonyl (C=O) groups is 2. The van der Waals surface area contributed by atoms with Crippen LogP contribution in [0.15, 0.2) is 24.3 Å². The second kappa shape index (κ2) is 11.5. The average Bonchev–Trinajstić information content (AvgIpc) is 3.75. The van der Waals surface area contributed by atoms with Crippen molar-refractivity contribution in [2.24, 2.45) is 23.7 Å². The molecule has 4 rings (SSSR count). The molecule has 2 fully saturated rings. The second-order valence-electron chi connectivity index (χ2n) is 11.9. The third kappa shape index (κ3) is 7.11. The molecule has 1 atom stereocenters. The van der Waals surface area contributed by atoms with E-state index in [0.717, 1.165) is 60.8 Å². The molecule has 8 heteroatoms. The summed E-state index contributed by atoms with van der Waals surface area (Å²) in [5.41, 5.74) is 4.81. The fourth-order valence-corrected chi connectivity index (χ4v) is 6.03. The van der Waals surface area contributed by atoms with Crippen molar-refractivity contribution < 1.29 is 19.1 Å². The summed E-state index contributed by atoms with van der Waals surface area (Å²) in [5.74, 6) is -0.323. The van der Waals surface area contributed by atoms with E-state index < -0.39 is 14.0 Å². The third-order valence-corrected chi connectivity index (χ3v) is 9.28. The van der Waals surface area contributed by atoms with Crippen molar-refractivity contribution in [1.82, 2.24) is 9.78 Å². The molecular formula is C29H43N3O4Si. The Labute approximate surface area is 222 Å². The lowest BCUT2D eigenvalue weighted by Gasteiger charge is -2.25. The fourth-order valence-electron chi connectivity index (χ4n) is 5.27. The van der Waals surface area contributed by atoms with Crippen LogP contribution in [0.3, 0.4) is 0 Å². The molecule has 0 spiro atoms. The SMILES string of the molecule is CCOC(=O)C(C(=O)Nc1ccc(-c2c(C)nn(COCC[Si](C)(C)C)c2C)cc1)C(C1CC1)C1CC1. The fraction of sp³-hybridized carbons (Fsp3) is 0.621. The van der Waals surface area contributed by atoms with Crippen molar-refractivity contribution in [1.29, 1.82) is 0 Å². The molecule has 37 heavy (non-hydrogen) atoms. The van der Waals surface area contributed by atoms with Crippen LogP contribution < -0.4 is 5.32 Å². The molecule has 2 aromatic rings. The van der Waals surface area contributed by atoms with E-state index in [9.17, 15) is 9.59 Å². The van der Waals surface area contributed by atoms with Gasteiger partial charge in [-0.3, -0.25) is 9.59 Å². The molecule has 1 N–H and O–H groups in total. The average molecular weight is 526 g/mol. The number of nitrogens with one attached hydrogen (secondary N) is 1. The summed E-state index contributed by atoms with van der Waals surface area (Å²) >= 11 is 0. The van der Waals surface area contributed by atoms with E-state index in [1.54, 1.807) is 6.92 Å². The molecule has 202 valence electrons. The number of esters is 1. The summed E-state index contributed by atoms with van der Waals surface area (Å²) in [6, 6.07) is 8.94. The second-order valence-corrected chi connectivity index (χ2v) is 17.6. The van der Waals surface area contributed by atoms with Gasteiger partial charge in [-0.2, -0.15) is 5.10 Å². The number of nitrogens with zero attached hydrogens (tertiary/aromatic N) is 2. The van der Waals surface area contributed by atoms with Crippen LogP contribution in [0.25, 0.3) is 11.1 Å². The Kier molecular flexibility index (Phi) is 8.58. The van der Waals surface area contributed by atoms with Gasteiger partial charge in [0.05, 0.1) is 12.3 Å². The molecule has 2 saturated carbocycles. The van der Waals surface area contributed by atoms with Crippen LogP contribution in [-0.4, -0.2) is 42.9 Å². The number of aryl methyl sites for hydroxylation is 1.